The first kappa shape index (κ1) is 12.3. The minimum absolute atomic E-state index is 0.184. The largest absolute Gasteiger partial charge is 0.443 e. The second kappa shape index (κ2) is 4.44. The summed E-state index contributed by atoms with van der Waals surface area (Å²) >= 11 is 4.70. The number of halogens is 1. The standard InChI is InChI=1S/C13H7BrN2O2S/c1-19-12-9(5-15)18-11-7-3-2-6(14)4-8(7)16-13(17)10(11)12/h2-4H,1H3,(H,16,17). The van der Waals surface area contributed by atoms with E-state index in [-0.39, 0.29) is 11.3 Å². The fourth-order valence-corrected chi connectivity index (χ4v) is 3.11. The highest BCUT2D eigenvalue weighted by atomic mass is 79.9. The van der Waals surface area contributed by atoms with Gasteiger partial charge >= 0.3 is 0 Å². The van der Waals surface area contributed by atoms with Crippen LogP contribution in [-0.2, 0) is 0 Å². The molecule has 0 saturated heterocycles. The molecule has 94 valence electrons. The Hall–Kier alpha value is -1.71. The molecule has 0 aliphatic carbocycles. The van der Waals surface area contributed by atoms with Gasteiger partial charge < -0.3 is 9.40 Å². The Labute approximate surface area is 120 Å². The summed E-state index contributed by atoms with van der Waals surface area (Å²) in [6, 6.07) is 7.52. The van der Waals surface area contributed by atoms with Crippen LogP contribution in [0.25, 0.3) is 21.9 Å². The van der Waals surface area contributed by atoms with Gasteiger partial charge in [-0.25, -0.2) is 0 Å². The number of nitrogens with zero attached hydrogens (tertiary/aromatic N) is 1. The number of pyridine rings is 1. The fraction of sp³-hybridized carbons (Fsp3) is 0.0769. The summed E-state index contributed by atoms with van der Waals surface area (Å²) in [5, 5.41) is 10.3. The molecule has 0 bridgehead atoms. The van der Waals surface area contributed by atoms with Crippen LogP contribution in [0.2, 0.25) is 0 Å². The zero-order valence-corrected chi connectivity index (χ0v) is 12.2. The summed E-state index contributed by atoms with van der Waals surface area (Å²) in [6.45, 7) is 0. The van der Waals surface area contributed by atoms with Crippen molar-refractivity contribution in [2.45, 2.75) is 4.90 Å². The first-order valence-electron chi connectivity index (χ1n) is 5.38. The van der Waals surface area contributed by atoms with E-state index in [1.165, 1.54) is 11.8 Å². The third kappa shape index (κ3) is 1.78. The monoisotopic (exact) mass is 334 g/mol. The number of nitriles is 1. The van der Waals surface area contributed by atoms with Crippen molar-refractivity contribution in [3.05, 3.63) is 38.8 Å². The second-order valence-corrected chi connectivity index (χ2v) is 5.66. The molecule has 3 rings (SSSR count). The van der Waals surface area contributed by atoms with E-state index in [0.29, 0.717) is 21.4 Å². The molecule has 0 fully saturated rings. The van der Waals surface area contributed by atoms with E-state index < -0.39 is 0 Å². The maximum absolute atomic E-state index is 12.2. The van der Waals surface area contributed by atoms with Crippen molar-refractivity contribution in [2.75, 3.05) is 6.26 Å². The summed E-state index contributed by atoms with van der Waals surface area (Å²) in [5.74, 6) is 0.184. The number of nitrogens with one attached hydrogen (secondary N) is 1. The maximum Gasteiger partial charge on any atom is 0.260 e. The topological polar surface area (TPSA) is 69.8 Å². The second-order valence-electron chi connectivity index (χ2n) is 3.92. The number of rotatable bonds is 1. The zero-order chi connectivity index (χ0) is 13.6. The molecule has 0 aliphatic rings. The molecule has 2 aromatic heterocycles. The number of furan rings is 1. The van der Waals surface area contributed by atoms with Crippen molar-refractivity contribution >= 4 is 49.6 Å². The lowest BCUT2D eigenvalue weighted by molar-refractivity contribution is 0.593. The molecule has 0 atom stereocenters. The number of hydrogen-bond acceptors (Lipinski definition) is 4. The van der Waals surface area contributed by atoms with E-state index >= 15 is 0 Å². The third-order valence-corrected chi connectivity index (χ3v) is 4.16. The number of fused-ring (bicyclic) bond motifs is 3. The Balaban J connectivity index is 2.60. The van der Waals surface area contributed by atoms with E-state index in [4.69, 9.17) is 9.68 Å². The van der Waals surface area contributed by atoms with E-state index in [1.807, 2.05) is 30.5 Å². The highest BCUT2D eigenvalue weighted by molar-refractivity contribution is 9.10. The molecular weight excluding hydrogens is 328 g/mol. The van der Waals surface area contributed by atoms with Crippen LogP contribution < -0.4 is 5.56 Å². The third-order valence-electron chi connectivity index (χ3n) is 2.87. The van der Waals surface area contributed by atoms with Crippen molar-refractivity contribution in [2.24, 2.45) is 0 Å². The summed E-state index contributed by atoms with van der Waals surface area (Å²) < 4.78 is 6.42. The zero-order valence-electron chi connectivity index (χ0n) is 9.78. The van der Waals surface area contributed by atoms with Crippen LogP contribution >= 0.6 is 27.7 Å². The molecule has 0 amide bonds. The summed E-state index contributed by atoms with van der Waals surface area (Å²) in [4.78, 5) is 15.6. The molecule has 0 saturated carbocycles. The van der Waals surface area contributed by atoms with E-state index in [0.717, 1.165) is 9.86 Å². The van der Waals surface area contributed by atoms with Crippen LogP contribution in [0.1, 0.15) is 5.76 Å². The van der Waals surface area contributed by atoms with Gasteiger partial charge in [0.15, 0.2) is 5.58 Å². The average Bonchev–Trinajstić information content (AvgIpc) is 2.77. The van der Waals surface area contributed by atoms with Crippen LogP contribution in [0.3, 0.4) is 0 Å². The van der Waals surface area contributed by atoms with Crippen molar-refractivity contribution in [3.63, 3.8) is 0 Å². The number of aromatic amines is 1. The molecule has 3 aromatic rings. The molecule has 1 N–H and O–H groups in total. The quantitative estimate of drug-likeness (QED) is 0.690. The van der Waals surface area contributed by atoms with E-state index in [1.54, 1.807) is 0 Å². The first-order valence-corrected chi connectivity index (χ1v) is 7.39. The molecule has 0 radical (unpaired) electrons. The highest BCUT2D eigenvalue weighted by Gasteiger charge is 2.18. The Morgan fingerprint density at radius 3 is 2.95 bits per heavy atom. The van der Waals surface area contributed by atoms with E-state index in [9.17, 15) is 4.79 Å². The van der Waals surface area contributed by atoms with E-state index in [2.05, 4.69) is 20.9 Å². The minimum atomic E-state index is -0.241. The number of hydrogen-bond donors (Lipinski definition) is 1. The lowest BCUT2D eigenvalue weighted by atomic mass is 10.2. The summed E-state index contributed by atoms with van der Waals surface area (Å²) in [6.07, 6.45) is 1.82. The molecule has 4 nitrogen and oxygen atoms in total. The highest BCUT2D eigenvalue weighted by Crippen LogP contribution is 2.34. The lowest BCUT2D eigenvalue weighted by Crippen LogP contribution is -2.05. The maximum atomic E-state index is 12.2. The predicted molar refractivity (Wildman–Crippen MR) is 78.5 cm³/mol. The van der Waals surface area contributed by atoms with Gasteiger partial charge in [-0.15, -0.1) is 11.8 Å². The minimum Gasteiger partial charge on any atom is -0.443 e. The molecule has 19 heavy (non-hydrogen) atoms. The normalized spacial score (nSPS) is 11.0. The van der Waals surface area contributed by atoms with Crippen molar-refractivity contribution in [1.29, 1.82) is 5.26 Å². The Bertz CT molecular complexity index is 905. The van der Waals surface area contributed by atoms with Crippen molar-refractivity contribution < 1.29 is 4.42 Å². The van der Waals surface area contributed by atoms with Gasteiger partial charge in [0.1, 0.15) is 11.5 Å². The average molecular weight is 335 g/mol. The number of aromatic nitrogens is 1. The molecule has 1 aromatic carbocycles. The Kier molecular flexibility index (Phi) is 2.88. The van der Waals surface area contributed by atoms with Gasteiger partial charge in [0.25, 0.3) is 5.56 Å². The van der Waals surface area contributed by atoms with Crippen LogP contribution in [-0.4, -0.2) is 11.2 Å². The van der Waals surface area contributed by atoms with Gasteiger partial charge in [-0.05, 0) is 24.5 Å². The predicted octanol–water partition coefficient (Wildman–Crippen LogP) is 3.63. The molecule has 0 aliphatic heterocycles. The van der Waals surface area contributed by atoms with Crippen molar-refractivity contribution in [3.8, 4) is 6.07 Å². The molecule has 2 heterocycles. The summed E-state index contributed by atoms with van der Waals surface area (Å²) in [5.41, 5.74) is 0.903. The van der Waals surface area contributed by atoms with Gasteiger partial charge in [-0.2, -0.15) is 5.26 Å². The SMILES string of the molecule is CSc1c(C#N)oc2c1c(=O)[nH]c1cc(Br)ccc12. The number of benzene rings is 1. The molecular formula is C13H7BrN2O2S. The van der Waals surface area contributed by atoms with Crippen molar-refractivity contribution in [1.82, 2.24) is 4.98 Å². The first-order chi connectivity index (χ1) is 9.15. The van der Waals surface area contributed by atoms with Crippen LogP contribution in [0, 0.1) is 11.3 Å². The smallest absolute Gasteiger partial charge is 0.260 e. The molecule has 0 spiro atoms. The van der Waals surface area contributed by atoms with Gasteiger partial charge in [-0.1, -0.05) is 15.9 Å². The van der Waals surface area contributed by atoms with Gasteiger partial charge in [0, 0.05) is 9.86 Å². The lowest BCUT2D eigenvalue weighted by Gasteiger charge is -1.99. The fourth-order valence-electron chi connectivity index (χ4n) is 2.08. The Morgan fingerprint density at radius 2 is 2.26 bits per heavy atom. The number of thioether (sulfide) groups is 1. The van der Waals surface area contributed by atoms with Crippen LogP contribution in [0.4, 0.5) is 0 Å². The van der Waals surface area contributed by atoms with Gasteiger partial charge in [0.2, 0.25) is 5.76 Å². The van der Waals surface area contributed by atoms with Crippen LogP contribution in [0.15, 0.2) is 36.8 Å². The van der Waals surface area contributed by atoms with Crippen LogP contribution in [0.5, 0.6) is 0 Å². The van der Waals surface area contributed by atoms with Gasteiger partial charge in [-0.3, -0.25) is 4.79 Å². The molecule has 6 heteroatoms. The Morgan fingerprint density at radius 1 is 1.47 bits per heavy atom. The molecule has 0 unspecified atom stereocenters. The van der Waals surface area contributed by atoms with Gasteiger partial charge in [0.05, 0.1) is 10.4 Å². The number of H-pyrrole nitrogens is 1. The summed E-state index contributed by atoms with van der Waals surface area (Å²) in [7, 11) is 0.